The van der Waals surface area contributed by atoms with E-state index in [9.17, 15) is 9.90 Å². The summed E-state index contributed by atoms with van der Waals surface area (Å²) in [7, 11) is -0.563. The highest BCUT2D eigenvalue weighted by Crippen LogP contribution is 2.42. The molecule has 0 aromatic heterocycles. The fraction of sp³-hybridized carbons (Fsp3) is 0.632. The highest BCUT2D eigenvalue weighted by molar-refractivity contribution is 6.48. The number of benzene rings is 1. The van der Waals surface area contributed by atoms with Crippen molar-refractivity contribution >= 4 is 13.1 Å². The molecule has 132 valence electrons. The molecule has 1 aliphatic heterocycles. The Labute approximate surface area is 145 Å². The van der Waals surface area contributed by atoms with Crippen LogP contribution in [0.1, 0.15) is 71.8 Å². The largest absolute Gasteiger partial charge is 0.481 e. The minimum atomic E-state index is -0.852. The smallest absolute Gasteiger partial charge is 0.466 e. The topological polar surface area (TPSA) is 55.8 Å². The Bertz CT molecular complexity index is 583. The summed E-state index contributed by atoms with van der Waals surface area (Å²) in [5.74, 6) is -1.19. The van der Waals surface area contributed by atoms with Gasteiger partial charge in [0.25, 0.3) is 0 Å². The summed E-state index contributed by atoms with van der Waals surface area (Å²) in [6.45, 7) is 14.4. The summed E-state index contributed by atoms with van der Waals surface area (Å²) in [4.78, 5) is 11.4. The predicted octanol–water partition coefficient (Wildman–Crippen LogP) is 4.17. The van der Waals surface area contributed by atoms with Gasteiger partial charge in [0, 0.05) is 5.82 Å². The van der Waals surface area contributed by atoms with Gasteiger partial charge in [-0.25, -0.2) is 0 Å². The van der Waals surface area contributed by atoms with E-state index in [1.54, 1.807) is 0 Å². The van der Waals surface area contributed by atoms with Gasteiger partial charge in [-0.1, -0.05) is 45.0 Å². The average molecular weight is 332 g/mol. The Balaban J connectivity index is 2.32. The van der Waals surface area contributed by atoms with Crippen molar-refractivity contribution in [3.8, 4) is 0 Å². The second-order valence-electron chi connectivity index (χ2n) is 8.70. The van der Waals surface area contributed by atoms with Crippen LogP contribution in [0.15, 0.2) is 24.3 Å². The molecule has 1 heterocycles. The number of carbonyl (C=O) groups is 1. The monoisotopic (exact) mass is 332 g/mol. The van der Waals surface area contributed by atoms with E-state index in [-0.39, 0.29) is 17.7 Å². The summed E-state index contributed by atoms with van der Waals surface area (Å²) in [6, 6.07) is 8.13. The molecule has 1 aromatic carbocycles. The normalized spacial score (nSPS) is 20.9. The van der Waals surface area contributed by atoms with Gasteiger partial charge in [0.1, 0.15) is 0 Å². The number of carboxylic acid groups (broad SMARTS) is 1. The Morgan fingerprint density at radius 3 is 1.92 bits per heavy atom. The molecule has 0 radical (unpaired) electrons. The van der Waals surface area contributed by atoms with Gasteiger partial charge in [-0.05, 0) is 44.2 Å². The van der Waals surface area contributed by atoms with Gasteiger partial charge < -0.3 is 14.4 Å². The third kappa shape index (κ3) is 3.84. The van der Waals surface area contributed by atoms with Gasteiger partial charge in [0.2, 0.25) is 0 Å². The van der Waals surface area contributed by atoms with E-state index in [1.165, 1.54) is 5.56 Å². The Kier molecular flexibility index (Phi) is 4.91. The van der Waals surface area contributed by atoms with E-state index in [4.69, 9.17) is 9.31 Å². The maximum Gasteiger partial charge on any atom is 0.466 e. The van der Waals surface area contributed by atoms with Crippen LogP contribution >= 0.6 is 0 Å². The van der Waals surface area contributed by atoms with Crippen LogP contribution in [0.25, 0.3) is 0 Å². The lowest BCUT2D eigenvalue weighted by atomic mass is 9.66. The zero-order chi connectivity index (χ0) is 18.3. The molecule has 0 saturated carbocycles. The Morgan fingerprint density at radius 2 is 1.54 bits per heavy atom. The molecule has 1 aromatic rings. The first kappa shape index (κ1) is 19.0. The molecule has 24 heavy (non-hydrogen) atoms. The molecule has 1 atom stereocenters. The molecular weight excluding hydrogens is 303 g/mol. The lowest BCUT2D eigenvalue weighted by molar-refractivity contribution is -0.137. The third-order valence-corrected chi connectivity index (χ3v) is 5.20. The summed E-state index contributed by atoms with van der Waals surface area (Å²) in [5, 5.41) is 9.34. The molecular formula is C19H29BO4. The van der Waals surface area contributed by atoms with Crippen molar-refractivity contribution in [2.45, 2.75) is 77.3 Å². The van der Waals surface area contributed by atoms with E-state index in [2.05, 4.69) is 32.9 Å². The van der Waals surface area contributed by atoms with E-state index in [1.807, 2.05) is 39.8 Å². The molecule has 0 bridgehead atoms. The Morgan fingerprint density at radius 1 is 1.08 bits per heavy atom. The van der Waals surface area contributed by atoms with Crippen LogP contribution < -0.4 is 0 Å². The predicted molar refractivity (Wildman–Crippen MR) is 96.2 cm³/mol. The van der Waals surface area contributed by atoms with Gasteiger partial charge in [0.15, 0.2) is 0 Å². The lowest BCUT2D eigenvalue weighted by Crippen LogP contribution is -2.41. The summed E-state index contributed by atoms with van der Waals surface area (Å²) >= 11 is 0. The summed E-state index contributed by atoms with van der Waals surface area (Å²) < 4.78 is 12.2. The van der Waals surface area contributed by atoms with E-state index in [0.29, 0.717) is 0 Å². The van der Waals surface area contributed by atoms with Crippen molar-refractivity contribution in [1.82, 2.24) is 0 Å². The fourth-order valence-electron chi connectivity index (χ4n) is 2.84. The van der Waals surface area contributed by atoms with Crippen molar-refractivity contribution in [2.24, 2.45) is 0 Å². The van der Waals surface area contributed by atoms with Gasteiger partial charge in [-0.3, -0.25) is 4.79 Å². The van der Waals surface area contributed by atoms with Crippen LogP contribution in [0.3, 0.4) is 0 Å². The van der Waals surface area contributed by atoms with Gasteiger partial charge in [-0.2, -0.15) is 0 Å². The number of hydrogen-bond acceptors (Lipinski definition) is 3. The zero-order valence-corrected chi connectivity index (χ0v) is 15.8. The second-order valence-corrected chi connectivity index (χ2v) is 8.70. The molecule has 1 unspecified atom stereocenters. The quantitative estimate of drug-likeness (QED) is 0.841. The highest BCUT2D eigenvalue weighted by Gasteiger charge is 2.54. The molecule has 0 aliphatic carbocycles. The van der Waals surface area contributed by atoms with Crippen LogP contribution in [0.4, 0.5) is 0 Å². The minimum Gasteiger partial charge on any atom is -0.481 e. The first-order valence-electron chi connectivity index (χ1n) is 8.51. The van der Waals surface area contributed by atoms with Crippen LogP contribution in [0.5, 0.6) is 0 Å². The number of carboxylic acids is 1. The molecule has 1 fully saturated rings. The first-order valence-corrected chi connectivity index (χ1v) is 8.51. The molecule has 0 spiro atoms. The van der Waals surface area contributed by atoms with Gasteiger partial charge in [-0.15, -0.1) is 0 Å². The average Bonchev–Trinajstić information content (AvgIpc) is 2.63. The van der Waals surface area contributed by atoms with E-state index >= 15 is 0 Å². The molecule has 5 heteroatoms. The van der Waals surface area contributed by atoms with E-state index < -0.39 is 24.3 Å². The van der Waals surface area contributed by atoms with Crippen LogP contribution in [0.2, 0.25) is 0 Å². The zero-order valence-electron chi connectivity index (χ0n) is 15.8. The van der Waals surface area contributed by atoms with Crippen molar-refractivity contribution in [3.05, 3.63) is 35.4 Å². The standard InChI is InChI=1S/C19H29BO4/c1-17(2,3)14-10-8-13(9-11-14)15(12-16(21)22)20-23-18(4,5)19(6,7)24-20/h8-11,15H,12H2,1-7H3,(H,21,22). The highest BCUT2D eigenvalue weighted by atomic mass is 16.7. The van der Waals surface area contributed by atoms with Crippen LogP contribution in [-0.2, 0) is 19.5 Å². The van der Waals surface area contributed by atoms with Crippen molar-refractivity contribution in [3.63, 3.8) is 0 Å². The number of hydrogen-bond donors (Lipinski definition) is 1. The van der Waals surface area contributed by atoms with Crippen LogP contribution in [-0.4, -0.2) is 29.4 Å². The molecule has 0 amide bonds. The summed E-state index contributed by atoms with van der Waals surface area (Å²) in [5.41, 5.74) is 1.27. The molecule has 1 N–H and O–H groups in total. The van der Waals surface area contributed by atoms with Gasteiger partial charge >= 0.3 is 13.1 Å². The molecule has 4 nitrogen and oxygen atoms in total. The second kappa shape index (κ2) is 6.19. The fourth-order valence-corrected chi connectivity index (χ4v) is 2.84. The van der Waals surface area contributed by atoms with Crippen LogP contribution in [0, 0.1) is 0 Å². The SMILES string of the molecule is CC(C)(C)c1ccc(C(CC(=O)O)B2OC(C)(C)C(C)(C)O2)cc1. The first-order chi connectivity index (χ1) is 10.8. The van der Waals surface area contributed by atoms with Crippen molar-refractivity contribution < 1.29 is 19.2 Å². The van der Waals surface area contributed by atoms with E-state index in [0.717, 1.165) is 5.56 Å². The maximum atomic E-state index is 11.4. The number of aliphatic carboxylic acids is 1. The minimum absolute atomic E-state index is 0.0221. The Hall–Kier alpha value is -1.33. The molecule has 1 saturated heterocycles. The number of rotatable bonds is 4. The maximum absolute atomic E-state index is 11.4. The molecule has 1 aliphatic rings. The summed E-state index contributed by atoms with van der Waals surface area (Å²) in [6.07, 6.45) is -0.0221. The lowest BCUT2D eigenvalue weighted by Gasteiger charge is -2.32. The molecule has 2 rings (SSSR count). The van der Waals surface area contributed by atoms with Crippen molar-refractivity contribution in [1.29, 1.82) is 0 Å². The van der Waals surface area contributed by atoms with Crippen molar-refractivity contribution in [2.75, 3.05) is 0 Å². The third-order valence-electron chi connectivity index (χ3n) is 5.20. The van der Waals surface area contributed by atoms with Gasteiger partial charge in [0.05, 0.1) is 17.6 Å².